The number of benzene rings is 1. The molecule has 1 saturated heterocycles. The molecule has 2 rings (SSSR count). The van der Waals surface area contributed by atoms with E-state index in [1.165, 1.54) is 6.07 Å². The van der Waals surface area contributed by atoms with E-state index in [9.17, 15) is 9.18 Å². The van der Waals surface area contributed by atoms with Crippen LogP contribution in [0.5, 0.6) is 0 Å². The number of hydrogen-bond acceptors (Lipinski definition) is 2. The highest BCUT2D eigenvalue weighted by atomic mass is 19.1. The van der Waals surface area contributed by atoms with Gasteiger partial charge in [-0.15, -0.1) is 0 Å². The number of hydrogen-bond donors (Lipinski definition) is 1. The summed E-state index contributed by atoms with van der Waals surface area (Å²) in [5.41, 5.74) is 6.40. The van der Waals surface area contributed by atoms with Gasteiger partial charge in [0, 0.05) is 19.0 Å². The molecule has 104 valence electrons. The molecule has 1 atom stereocenters. The van der Waals surface area contributed by atoms with Crippen LogP contribution < -0.4 is 5.73 Å². The summed E-state index contributed by atoms with van der Waals surface area (Å²) in [4.78, 5) is 14.0. The molecule has 1 amide bonds. The van der Waals surface area contributed by atoms with Crippen molar-refractivity contribution in [2.45, 2.75) is 38.1 Å². The quantitative estimate of drug-likeness (QED) is 0.885. The van der Waals surface area contributed by atoms with E-state index < -0.39 is 0 Å². The average Bonchev–Trinajstić information content (AvgIpc) is 2.84. The lowest BCUT2D eigenvalue weighted by Crippen LogP contribution is -2.36. The topological polar surface area (TPSA) is 46.3 Å². The minimum Gasteiger partial charge on any atom is -0.339 e. The van der Waals surface area contributed by atoms with E-state index in [2.05, 4.69) is 0 Å². The fourth-order valence-corrected chi connectivity index (χ4v) is 2.71. The van der Waals surface area contributed by atoms with Gasteiger partial charge in [0.2, 0.25) is 5.91 Å². The van der Waals surface area contributed by atoms with Crippen LogP contribution in [-0.2, 0) is 11.2 Å². The van der Waals surface area contributed by atoms with E-state index in [1.807, 2.05) is 11.0 Å². The first-order valence-corrected chi connectivity index (χ1v) is 6.94. The third-order valence-corrected chi connectivity index (χ3v) is 3.65. The number of nitrogens with two attached hydrogens (primary N) is 1. The van der Waals surface area contributed by atoms with Gasteiger partial charge in [0.15, 0.2) is 0 Å². The molecule has 0 radical (unpaired) electrons. The van der Waals surface area contributed by atoms with Crippen LogP contribution >= 0.6 is 0 Å². The standard InChI is InChI=1S/C15H21FN2O/c16-13-5-1-4-12(10-13)11-14-6-3-9-18(14)15(19)7-2-8-17/h1,4-5,10,14H,2-3,6-9,11,17H2. The van der Waals surface area contributed by atoms with Crippen molar-refractivity contribution in [1.29, 1.82) is 0 Å². The van der Waals surface area contributed by atoms with Gasteiger partial charge in [0.25, 0.3) is 0 Å². The Labute approximate surface area is 113 Å². The summed E-state index contributed by atoms with van der Waals surface area (Å²) in [5.74, 6) is -0.0270. The highest BCUT2D eigenvalue weighted by Crippen LogP contribution is 2.22. The van der Waals surface area contributed by atoms with Crippen LogP contribution in [0.1, 0.15) is 31.2 Å². The molecular formula is C15H21FN2O. The molecule has 1 unspecified atom stereocenters. The van der Waals surface area contributed by atoms with E-state index in [0.717, 1.165) is 37.8 Å². The number of likely N-dealkylation sites (tertiary alicyclic amines) is 1. The molecule has 2 N–H and O–H groups in total. The summed E-state index contributed by atoms with van der Waals surface area (Å²) in [6.07, 6.45) is 4.05. The highest BCUT2D eigenvalue weighted by molar-refractivity contribution is 5.76. The number of carbonyl (C=O) groups is 1. The minimum atomic E-state index is -0.212. The first kappa shape index (κ1) is 14.0. The van der Waals surface area contributed by atoms with Crippen molar-refractivity contribution in [3.63, 3.8) is 0 Å². The molecule has 1 heterocycles. The van der Waals surface area contributed by atoms with E-state index in [1.54, 1.807) is 12.1 Å². The Kier molecular flexibility index (Phi) is 4.91. The molecule has 1 aliphatic heterocycles. The molecule has 3 nitrogen and oxygen atoms in total. The van der Waals surface area contributed by atoms with Gasteiger partial charge in [-0.2, -0.15) is 0 Å². The van der Waals surface area contributed by atoms with Gasteiger partial charge in [-0.25, -0.2) is 4.39 Å². The summed E-state index contributed by atoms with van der Waals surface area (Å²) < 4.78 is 13.2. The van der Waals surface area contributed by atoms with Gasteiger partial charge in [0.05, 0.1) is 0 Å². The lowest BCUT2D eigenvalue weighted by Gasteiger charge is -2.25. The highest BCUT2D eigenvalue weighted by Gasteiger charge is 2.28. The van der Waals surface area contributed by atoms with Crippen LogP contribution in [0.4, 0.5) is 4.39 Å². The van der Waals surface area contributed by atoms with Crippen molar-refractivity contribution in [1.82, 2.24) is 4.90 Å². The van der Waals surface area contributed by atoms with E-state index in [-0.39, 0.29) is 17.8 Å². The van der Waals surface area contributed by atoms with Crippen LogP contribution in [0.2, 0.25) is 0 Å². The van der Waals surface area contributed by atoms with Crippen LogP contribution in [0, 0.1) is 5.82 Å². The second kappa shape index (κ2) is 6.66. The number of carbonyl (C=O) groups excluding carboxylic acids is 1. The van der Waals surface area contributed by atoms with Crippen LogP contribution in [0.15, 0.2) is 24.3 Å². The number of amides is 1. The van der Waals surface area contributed by atoms with Crippen molar-refractivity contribution >= 4 is 5.91 Å². The minimum absolute atomic E-state index is 0.185. The van der Waals surface area contributed by atoms with Crippen molar-refractivity contribution in [3.8, 4) is 0 Å². The third kappa shape index (κ3) is 3.77. The molecule has 0 aromatic heterocycles. The van der Waals surface area contributed by atoms with Crippen molar-refractivity contribution in [2.75, 3.05) is 13.1 Å². The first-order valence-electron chi connectivity index (χ1n) is 6.94. The Morgan fingerprint density at radius 3 is 3.05 bits per heavy atom. The monoisotopic (exact) mass is 264 g/mol. The van der Waals surface area contributed by atoms with Gasteiger partial charge >= 0.3 is 0 Å². The predicted octanol–water partition coefficient (Wildman–Crippen LogP) is 2.10. The molecule has 1 aromatic carbocycles. The van der Waals surface area contributed by atoms with Crippen LogP contribution in [-0.4, -0.2) is 29.9 Å². The summed E-state index contributed by atoms with van der Waals surface area (Å²) in [6.45, 7) is 1.37. The zero-order valence-electron chi connectivity index (χ0n) is 11.1. The molecule has 0 bridgehead atoms. The zero-order valence-corrected chi connectivity index (χ0v) is 11.1. The summed E-state index contributed by atoms with van der Waals surface area (Å²) in [7, 11) is 0. The molecule has 1 aromatic rings. The largest absolute Gasteiger partial charge is 0.339 e. The summed E-state index contributed by atoms with van der Waals surface area (Å²) in [6, 6.07) is 6.86. The smallest absolute Gasteiger partial charge is 0.222 e. The second-order valence-corrected chi connectivity index (χ2v) is 5.11. The Morgan fingerprint density at radius 1 is 1.47 bits per heavy atom. The third-order valence-electron chi connectivity index (χ3n) is 3.65. The molecule has 19 heavy (non-hydrogen) atoms. The predicted molar refractivity (Wildman–Crippen MR) is 73.1 cm³/mol. The lowest BCUT2D eigenvalue weighted by atomic mass is 10.0. The van der Waals surface area contributed by atoms with Gasteiger partial charge in [-0.05, 0) is 49.9 Å². The summed E-state index contributed by atoms with van der Waals surface area (Å²) >= 11 is 0. The number of halogens is 1. The number of nitrogens with zero attached hydrogens (tertiary/aromatic N) is 1. The Balaban J connectivity index is 1.97. The van der Waals surface area contributed by atoms with Gasteiger partial charge in [0.1, 0.15) is 5.82 Å². The molecular weight excluding hydrogens is 243 g/mol. The van der Waals surface area contributed by atoms with Crippen molar-refractivity contribution in [2.24, 2.45) is 5.73 Å². The number of rotatable bonds is 5. The molecule has 4 heteroatoms. The second-order valence-electron chi connectivity index (χ2n) is 5.11. The molecule has 1 fully saturated rings. The Hall–Kier alpha value is -1.42. The lowest BCUT2D eigenvalue weighted by molar-refractivity contribution is -0.132. The van der Waals surface area contributed by atoms with E-state index in [4.69, 9.17) is 5.73 Å². The van der Waals surface area contributed by atoms with Gasteiger partial charge < -0.3 is 10.6 Å². The molecule has 0 aliphatic carbocycles. The molecule has 0 saturated carbocycles. The van der Waals surface area contributed by atoms with E-state index >= 15 is 0 Å². The fraction of sp³-hybridized carbons (Fsp3) is 0.533. The zero-order chi connectivity index (χ0) is 13.7. The van der Waals surface area contributed by atoms with Crippen molar-refractivity contribution < 1.29 is 9.18 Å². The maximum absolute atomic E-state index is 13.2. The Bertz CT molecular complexity index is 436. The van der Waals surface area contributed by atoms with Gasteiger partial charge in [-0.1, -0.05) is 12.1 Å². The average molecular weight is 264 g/mol. The SMILES string of the molecule is NCCCC(=O)N1CCCC1Cc1cccc(F)c1. The normalized spacial score (nSPS) is 18.8. The van der Waals surface area contributed by atoms with Crippen LogP contribution in [0.25, 0.3) is 0 Å². The Morgan fingerprint density at radius 2 is 2.32 bits per heavy atom. The fourth-order valence-electron chi connectivity index (χ4n) is 2.71. The van der Waals surface area contributed by atoms with Gasteiger partial charge in [-0.3, -0.25) is 4.79 Å². The maximum atomic E-state index is 13.2. The van der Waals surface area contributed by atoms with Crippen LogP contribution in [0.3, 0.4) is 0 Å². The summed E-state index contributed by atoms with van der Waals surface area (Å²) in [5, 5.41) is 0. The first-order chi connectivity index (χ1) is 9.20. The van der Waals surface area contributed by atoms with Crippen molar-refractivity contribution in [3.05, 3.63) is 35.6 Å². The molecule has 1 aliphatic rings. The van der Waals surface area contributed by atoms with E-state index in [0.29, 0.717) is 13.0 Å². The maximum Gasteiger partial charge on any atom is 0.222 e. The molecule has 0 spiro atoms.